The molecule has 2 bridgehead atoms. The number of nitrogens with one attached hydrogen (secondary N) is 1. The summed E-state index contributed by atoms with van der Waals surface area (Å²) in [6.45, 7) is 3.04. The molecule has 0 aromatic carbocycles. The highest BCUT2D eigenvalue weighted by Crippen LogP contribution is 2.34. The van der Waals surface area contributed by atoms with Crippen LogP contribution in [0.3, 0.4) is 0 Å². The first-order valence-corrected chi connectivity index (χ1v) is 8.08. The van der Waals surface area contributed by atoms with Gasteiger partial charge in [0.15, 0.2) is 0 Å². The molecule has 96 valence electrons. The zero-order chi connectivity index (χ0) is 11.7. The summed E-state index contributed by atoms with van der Waals surface area (Å²) in [5, 5.41) is 3.37. The van der Waals surface area contributed by atoms with Gasteiger partial charge in [0.2, 0.25) is 5.91 Å². The molecule has 1 aliphatic carbocycles. The molecule has 3 nitrogen and oxygen atoms in total. The minimum Gasteiger partial charge on any atom is -0.341 e. The zero-order valence-corrected chi connectivity index (χ0v) is 11.2. The normalized spacial score (nSPS) is 37.9. The van der Waals surface area contributed by atoms with E-state index >= 15 is 0 Å². The molecule has 3 atom stereocenters. The maximum Gasteiger partial charge on any atom is 0.240 e. The molecule has 2 heterocycles. The minimum atomic E-state index is 0.0903. The van der Waals surface area contributed by atoms with Crippen LogP contribution in [-0.4, -0.2) is 48.0 Å². The molecule has 3 aliphatic rings. The second kappa shape index (κ2) is 5.19. The molecular weight excluding hydrogens is 232 g/mol. The van der Waals surface area contributed by atoms with E-state index in [-0.39, 0.29) is 6.04 Å². The van der Waals surface area contributed by atoms with Gasteiger partial charge in [-0.25, -0.2) is 0 Å². The first-order valence-electron chi connectivity index (χ1n) is 6.93. The number of amides is 1. The van der Waals surface area contributed by atoms with E-state index in [1.807, 2.05) is 11.8 Å². The fourth-order valence-electron chi connectivity index (χ4n) is 3.56. The fraction of sp³-hybridized carbons (Fsp3) is 0.923. The van der Waals surface area contributed by atoms with Crippen molar-refractivity contribution in [1.82, 2.24) is 10.2 Å². The third kappa shape index (κ3) is 2.63. The predicted molar refractivity (Wildman–Crippen MR) is 71.1 cm³/mol. The number of carbonyl (C=O) groups excluding carboxylic acids is 1. The zero-order valence-electron chi connectivity index (χ0n) is 10.4. The van der Waals surface area contributed by atoms with Gasteiger partial charge in [0.25, 0.3) is 0 Å². The number of likely N-dealkylation sites (tertiary alicyclic amines) is 1. The van der Waals surface area contributed by atoms with Gasteiger partial charge < -0.3 is 10.2 Å². The smallest absolute Gasteiger partial charge is 0.240 e. The molecule has 1 amide bonds. The minimum absolute atomic E-state index is 0.0903. The first kappa shape index (κ1) is 11.8. The molecule has 2 saturated heterocycles. The monoisotopic (exact) mass is 254 g/mol. The Labute approximate surface area is 108 Å². The fourth-order valence-corrected chi connectivity index (χ4v) is 4.48. The van der Waals surface area contributed by atoms with Crippen molar-refractivity contribution >= 4 is 17.7 Å². The van der Waals surface area contributed by atoms with Crippen LogP contribution in [-0.2, 0) is 4.79 Å². The number of rotatable bonds is 1. The van der Waals surface area contributed by atoms with Crippen molar-refractivity contribution in [2.45, 2.75) is 31.7 Å². The van der Waals surface area contributed by atoms with Crippen LogP contribution in [0.1, 0.15) is 25.7 Å². The Morgan fingerprint density at radius 2 is 2.00 bits per heavy atom. The Morgan fingerprint density at radius 1 is 1.24 bits per heavy atom. The van der Waals surface area contributed by atoms with Crippen LogP contribution in [0.5, 0.6) is 0 Å². The van der Waals surface area contributed by atoms with Crippen molar-refractivity contribution in [3.63, 3.8) is 0 Å². The second-order valence-corrected chi connectivity index (χ2v) is 6.87. The van der Waals surface area contributed by atoms with E-state index in [1.54, 1.807) is 0 Å². The molecule has 1 N–H and O–H groups in total. The molecule has 1 saturated carbocycles. The standard InChI is InChI=1S/C13H22N2OS/c16-13(12-9-17-5-4-14-12)15-7-10-2-1-3-11(6-10)8-15/h10-12,14H,1-9H2. The maximum absolute atomic E-state index is 12.4. The van der Waals surface area contributed by atoms with E-state index in [4.69, 9.17) is 0 Å². The molecule has 17 heavy (non-hydrogen) atoms. The highest BCUT2D eigenvalue weighted by atomic mass is 32.2. The Hall–Kier alpha value is -0.220. The summed E-state index contributed by atoms with van der Waals surface area (Å²) >= 11 is 1.91. The van der Waals surface area contributed by atoms with Crippen molar-refractivity contribution < 1.29 is 4.79 Å². The van der Waals surface area contributed by atoms with E-state index in [2.05, 4.69) is 10.2 Å². The van der Waals surface area contributed by atoms with Crippen LogP contribution in [0.25, 0.3) is 0 Å². The van der Waals surface area contributed by atoms with Crippen LogP contribution < -0.4 is 5.32 Å². The first-order chi connectivity index (χ1) is 8.33. The topological polar surface area (TPSA) is 32.3 Å². The quantitative estimate of drug-likeness (QED) is 0.766. The SMILES string of the molecule is O=C(C1CSCCN1)N1CC2CCCC(C2)C1. The van der Waals surface area contributed by atoms with Crippen LogP contribution in [0.4, 0.5) is 0 Å². The van der Waals surface area contributed by atoms with Crippen LogP contribution in [0, 0.1) is 11.8 Å². The molecule has 2 aliphatic heterocycles. The van der Waals surface area contributed by atoms with Crippen molar-refractivity contribution in [3.05, 3.63) is 0 Å². The molecule has 4 heteroatoms. The number of carbonyl (C=O) groups is 1. The molecule has 3 fully saturated rings. The van der Waals surface area contributed by atoms with Gasteiger partial charge in [-0.2, -0.15) is 11.8 Å². The molecule has 0 radical (unpaired) electrons. The molecule has 0 aromatic rings. The van der Waals surface area contributed by atoms with Gasteiger partial charge in [0.1, 0.15) is 0 Å². The van der Waals surface area contributed by atoms with Gasteiger partial charge in [0, 0.05) is 31.1 Å². The lowest BCUT2D eigenvalue weighted by molar-refractivity contribution is -0.136. The molecule has 0 spiro atoms. The average Bonchev–Trinajstić information content (AvgIpc) is 2.38. The number of nitrogens with zero attached hydrogens (tertiary/aromatic N) is 1. The number of thioether (sulfide) groups is 1. The summed E-state index contributed by atoms with van der Waals surface area (Å²) in [5.41, 5.74) is 0. The Morgan fingerprint density at radius 3 is 2.65 bits per heavy atom. The third-order valence-corrected chi connectivity index (χ3v) is 5.44. The Balaban J connectivity index is 1.61. The molecule has 3 unspecified atom stereocenters. The van der Waals surface area contributed by atoms with Gasteiger partial charge in [-0.15, -0.1) is 0 Å². The van der Waals surface area contributed by atoms with Crippen molar-refractivity contribution in [1.29, 1.82) is 0 Å². The summed E-state index contributed by atoms with van der Waals surface area (Å²) in [6.07, 6.45) is 5.44. The third-order valence-electron chi connectivity index (χ3n) is 4.38. The molecule has 3 rings (SSSR count). The summed E-state index contributed by atoms with van der Waals surface area (Å²) in [4.78, 5) is 14.6. The van der Waals surface area contributed by atoms with Gasteiger partial charge >= 0.3 is 0 Å². The number of fused-ring (bicyclic) bond motifs is 2. The highest BCUT2D eigenvalue weighted by Gasteiger charge is 2.35. The number of piperidine rings is 1. The summed E-state index contributed by atoms with van der Waals surface area (Å²) in [6, 6.07) is 0.0903. The largest absolute Gasteiger partial charge is 0.341 e. The van der Waals surface area contributed by atoms with Crippen molar-refractivity contribution in [2.75, 3.05) is 31.1 Å². The average molecular weight is 254 g/mol. The number of hydrogen-bond acceptors (Lipinski definition) is 3. The van der Waals surface area contributed by atoms with E-state index in [1.165, 1.54) is 25.7 Å². The number of hydrogen-bond donors (Lipinski definition) is 1. The summed E-state index contributed by atoms with van der Waals surface area (Å²) in [7, 11) is 0. The summed E-state index contributed by atoms with van der Waals surface area (Å²) < 4.78 is 0. The molecule has 0 aromatic heterocycles. The van der Waals surface area contributed by atoms with Gasteiger partial charge in [0.05, 0.1) is 6.04 Å². The van der Waals surface area contributed by atoms with Gasteiger partial charge in [-0.05, 0) is 31.1 Å². The van der Waals surface area contributed by atoms with Gasteiger partial charge in [-0.3, -0.25) is 4.79 Å². The van der Waals surface area contributed by atoms with Crippen LogP contribution in [0.15, 0.2) is 0 Å². The van der Waals surface area contributed by atoms with E-state index < -0.39 is 0 Å². The highest BCUT2D eigenvalue weighted by molar-refractivity contribution is 7.99. The Bertz CT molecular complexity index is 279. The second-order valence-electron chi connectivity index (χ2n) is 5.72. The predicted octanol–water partition coefficient (Wildman–Crippen LogP) is 1.34. The van der Waals surface area contributed by atoms with E-state index in [0.29, 0.717) is 5.91 Å². The lowest BCUT2D eigenvalue weighted by Crippen LogP contribution is -2.54. The van der Waals surface area contributed by atoms with Crippen LogP contribution >= 0.6 is 11.8 Å². The maximum atomic E-state index is 12.4. The lowest BCUT2D eigenvalue weighted by atomic mass is 9.78. The molecular formula is C13H22N2OS. The van der Waals surface area contributed by atoms with E-state index in [9.17, 15) is 4.79 Å². The van der Waals surface area contributed by atoms with E-state index in [0.717, 1.165) is 43.0 Å². The van der Waals surface area contributed by atoms with Crippen molar-refractivity contribution in [2.24, 2.45) is 11.8 Å². The Kier molecular flexibility index (Phi) is 3.61. The lowest BCUT2D eigenvalue weighted by Gasteiger charge is -2.42. The van der Waals surface area contributed by atoms with Crippen LogP contribution in [0.2, 0.25) is 0 Å². The summed E-state index contributed by atoms with van der Waals surface area (Å²) in [5.74, 6) is 4.07. The van der Waals surface area contributed by atoms with Gasteiger partial charge in [-0.1, -0.05) is 6.42 Å². The van der Waals surface area contributed by atoms with Crippen molar-refractivity contribution in [3.8, 4) is 0 Å².